The Balaban J connectivity index is 1.92. The largest absolute Gasteiger partial charge is 0.508 e. The summed E-state index contributed by atoms with van der Waals surface area (Å²) in [5, 5.41) is 10.1. The summed E-state index contributed by atoms with van der Waals surface area (Å²) in [6.45, 7) is 4.08. The van der Waals surface area contributed by atoms with Crippen molar-refractivity contribution in [2.45, 2.75) is 38.8 Å². The first-order valence-electron chi connectivity index (χ1n) is 11.3. The number of rotatable bonds is 5. The number of para-hydroxylation sites is 1. The van der Waals surface area contributed by atoms with E-state index in [1.165, 1.54) is 25.3 Å². The summed E-state index contributed by atoms with van der Waals surface area (Å²) in [5.41, 5.74) is 3.77. The van der Waals surface area contributed by atoms with Gasteiger partial charge in [-0.05, 0) is 78.4 Å². The number of aryl methyl sites for hydroxylation is 1. The Morgan fingerprint density at radius 2 is 1.85 bits per heavy atom. The zero-order chi connectivity index (χ0) is 24.4. The third-order valence-electron chi connectivity index (χ3n) is 6.33. The smallest absolute Gasteiger partial charge is 0.330 e. The zero-order valence-corrected chi connectivity index (χ0v) is 19.4. The lowest BCUT2D eigenvalue weighted by atomic mass is 9.83. The lowest BCUT2D eigenvalue weighted by Gasteiger charge is -2.45. The minimum atomic E-state index is -0.731. The van der Waals surface area contributed by atoms with Gasteiger partial charge in [-0.15, -0.1) is 0 Å². The summed E-state index contributed by atoms with van der Waals surface area (Å²) >= 11 is 0. The number of carbonyl (C=O) groups excluding carboxylic acids is 1. The van der Waals surface area contributed by atoms with Crippen LogP contribution in [0.5, 0.6) is 5.75 Å². The van der Waals surface area contributed by atoms with Gasteiger partial charge in [0.05, 0.1) is 18.7 Å². The maximum atomic E-state index is 15.6. The predicted octanol–water partition coefficient (Wildman–Crippen LogP) is 5.96. The predicted molar refractivity (Wildman–Crippen MR) is 129 cm³/mol. The van der Waals surface area contributed by atoms with E-state index in [0.717, 1.165) is 34.9 Å². The monoisotopic (exact) mass is 463 g/mol. The van der Waals surface area contributed by atoms with Crippen molar-refractivity contribution in [1.29, 1.82) is 0 Å². The van der Waals surface area contributed by atoms with E-state index in [9.17, 15) is 9.90 Å². The highest BCUT2D eigenvalue weighted by atomic mass is 19.1. The van der Waals surface area contributed by atoms with Crippen LogP contribution in [0.25, 0.3) is 6.08 Å². The summed E-state index contributed by atoms with van der Waals surface area (Å²) < 4.78 is 35.8. The molecule has 0 saturated heterocycles. The zero-order valence-electron chi connectivity index (χ0n) is 19.4. The van der Waals surface area contributed by atoms with Gasteiger partial charge in [-0.1, -0.05) is 31.2 Å². The molecule has 1 aliphatic rings. The summed E-state index contributed by atoms with van der Waals surface area (Å²) in [5.74, 6) is -1.90. The first-order chi connectivity index (χ1) is 16.3. The SMILES string of the molecule is CCc1ccccc1N1C(C)Cc2cc(O)ccc2C1c1c(F)cc(/C=C/C(=O)OC)cc1F. The number of halogens is 2. The molecule has 34 heavy (non-hydrogen) atoms. The van der Waals surface area contributed by atoms with E-state index < -0.39 is 23.6 Å². The van der Waals surface area contributed by atoms with Crippen molar-refractivity contribution in [2.75, 3.05) is 12.0 Å². The van der Waals surface area contributed by atoms with Crippen LogP contribution in [0.2, 0.25) is 0 Å². The fourth-order valence-corrected chi connectivity index (χ4v) is 4.78. The molecule has 0 fully saturated rings. The molecule has 4 rings (SSSR count). The fourth-order valence-electron chi connectivity index (χ4n) is 4.78. The number of fused-ring (bicyclic) bond motifs is 1. The van der Waals surface area contributed by atoms with Crippen molar-refractivity contribution < 1.29 is 23.4 Å². The van der Waals surface area contributed by atoms with E-state index in [4.69, 9.17) is 0 Å². The Kier molecular flexibility index (Phi) is 6.68. The molecule has 0 amide bonds. The van der Waals surface area contributed by atoms with Crippen molar-refractivity contribution >= 4 is 17.7 Å². The minimum Gasteiger partial charge on any atom is -0.508 e. The standard InChI is InChI=1S/C28H27F2NO3/c1-4-19-7-5-6-8-25(19)31-17(2)13-20-16-21(32)10-11-22(20)28(31)27-23(29)14-18(15-24(27)30)9-12-26(33)34-3/h5-12,14-17,28,32H,4,13H2,1-3H3/b12-9+. The number of aromatic hydroxyl groups is 1. The van der Waals surface area contributed by atoms with Gasteiger partial charge in [0.25, 0.3) is 0 Å². The van der Waals surface area contributed by atoms with Gasteiger partial charge in [-0.3, -0.25) is 0 Å². The number of benzene rings is 3. The van der Waals surface area contributed by atoms with Crippen molar-refractivity contribution in [1.82, 2.24) is 0 Å². The number of nitrogens with zero attached hydrogens (tertiary/aromatic N) is 1. The number of anilines is 1. The van der Waals surface area contributed by atoms with E-state index in [-0.39, 0.29) is 22.9 Å². The number of methoxy groups -OCH3 is 1. The molecule has 2 unspecified atom stereocenters. The van der Waals surface area contributed by atoms with Crippen LogP contribution in [0.3, 0.4) is 0 Å². The van der Waals surface area contributed by atoms with Gasteiger partial charge in [0.1, 0.15) is 17.4 Å². The van der Waals surface area contributed by atoms with Crippen LogP contribution < -0.4 is 4.90 Å². The second-order valence-electron chi connectivity index (χ2n) is 8.48. The highest BCUT2D eigenvalue weighted by Crippen LogP contribution is 2.44. The molecule has 0 saturated carbocycles. The first kappa shape index (κ1) is 23.5. The van der Waals surface area contributed by atoms with E-state index >= 15 is 8.78 Å². The number of hydrogen-bond donors (Lipinski definition) is 1. The van der Waals surface area contributed by atoms with Gasteiger partial charge in [0.2, 0.25) is 0 Å². The van der Waals surface area contributed by atoms with Crippen LogP contribution in [-0.4, -0.2) is 24.2 Å². The van der Waals surface area contributed by atoms with Crippen molar-refractivity contribution in [3.05, 3.63) is 100 Å². The average Bonchev–Trinajstić information content (AvgIpc) is 2.81. The van der Waals surface area contributed by atoms with Crippen LogP contribution in [-0.2, 0) is 22.4 Å². The number of carbonyl (C=O) groups is 1. The van der Waals surface area contributed by atoms with E-state index in [2.05, 4.69) is 16.6 Å². The van der Waals surface area contributed by atoms with Gasteiger partial charge in [-0.2, -0.15) is 0 Å². The molecule has 1 aliphatic heterocycles. The Morgan fingerprint density at radius 1 is 1.15 bits per heavy atom. The van der Waals surface area contributed by atoms with Crippen LogP contribution in [0, 0.1) is 11.6 Å². The van der Waals surface area contributed by atoms with Gasteiger partial charge in [0, 0.05) is 17.8 Å². The molecule has 1 N–H and O–H groups in total. The van der Waals surface area contributed by atoms with E-state index in [1.54, 1.807) is 18.2 Å². The molecule has 0 aliphatic carbocycles. The molecule has 2 atom stereocenters. The van der Waals surface area contributed by atoms with Gasteiger partial charge >= 0.3 is 5.97 Å². The highest BCUT2D eigenvalue weighted by Gasteiger charge is 2.37. The Hall–Kier alpha value is -3.67. The van der Waals surface area contributed by atoms with Crippen LogP contribution >= 0.6 is 0 Å². The third-order valence-corrected chi connectivity index (χ3v) is 6.33. The van der Waals surface area contributed by atoms with Gasteiger partial charge < -0.3 is 14.7 Å². The topological polar surface area (TPSA) is 49.8 Å². The van der Waals surface area contributed by atoms with E-state index in [1.807, 2.05) is 31.2 Å². The number of ether oxygens (including phenoxy) is 1. The lowest BCUT2D eigenvalue weighted by molar-refractivity contribution is -0.134. The molecule has 6 heteroatoms. The quantitative estimate of drug-likeness (QED) is 0.375. The number of esters is 1. The molecule has 1 heterocycles. The molecule has 3 aromatic carbocycles. The Bertz CT molecular complexity index is 1230. The summed E-state index contributed by atoms with van der Waals surface area (Å²) in [7, 11) is 1.24. The molecular formula is C28H27F2NO3. The van der Waals surface area contributed by atoms with Crippen molar-refractivity contribution in [3.63, 3.8) is 0 Å². The summed E-state index contributed by atoms with van der Waals surface area (Å²) in [6.07, 6.45) is 3.85. The second-order valence-corrected chi connectivity index (χ2v) is 8.48. The Morgan fingerprint density at radius 3 is 2.53 bits per heavy atom. The molecule has 0 bridgehead atoms. The van der Waals surface area contributed by atoms with E-state index in [0.29, 0.717) is 6.42 Å². The molecule has 0 radical (unpaired) electrons. The molecule has 0 spiro atoms. The molecule has 3 aromatic rings. The highest BCUT2D eigenvalue weighted by molar-refractivity contribution is 5.86. The normalized spacial score (nSPS) is 17.6. The third kappa shape index (κ3) is 4.40. The average molecular weight is 464 g/mol. The molecule has 0 aromatic heterocycles. The van der Waals surface area contributed by atoms with Crippen LogP contribution in [0.1, 0.15) is 47.7 Å². The Labute approximate surface area is 198 Å². The van der Waals surface area contributed by atoms with Crippen molar-refractivity contribution in [3.8, 4) is 5.75 Å². The molecular weight excluding hydrogens is 436 g/mol. The second kappa shape index (κ2) is 9.67. The molecule has 4 nitrogen and oxygen atoms in total. The van der Waals surface area contributed by atoms with Gasteiger partial charge in [0.15, 0.2) is 0 Å². The minimum absolute atomic E-state index is 0.0698. The van der Waals surface area contributed by atoms with Crippen LogP contribution in [0.4, 0.5) is 14.5 Å². The maximum absolute atomic E-state index is 15.6. The summed E-state index contributed by atoms with van der Waals surface area (Å²) in [4.78, 5) is 13.5. The maximum Gasteiger partial charge on any atom is 0.330 e. The first-order valence-corrected chi connectivity index (χ1v) is 11.3. The number of phenols is 1. The lowest BCUT2D eigenvalue weighted by Crippen LogP contribution is -2.44. The molecule has 176 valence electrons. The van der Waals surface area contributed by atoms with Crippen molar-refractivity contribution in [2.24, 2.45) is 0 Å². The summed E-state index contributed by atoms with van der Waals surface area (Å²) in [6, 6.07) is 14.5. The number of phenolic OH excluding ortho intramolecular Hbond substituents is 1. The van der Waals surface area contributed by atoms with Gasteiger partial charge in [-0.25, -0.2) is 13.6 Å². The fraction of sp³-hybridized carbons (Fsp3) is 0.250. The number of hydrogen-bond acceptors (Lipinski definition) is 4. The van der Waals surface area contributed by atoms with Crippen LogP contribution in [0.15, 0.2) is 60.7 Å².